The SMILES string of the molecule is Oc1ccc(-c2cc(-c3ccc(C(F)(F)F)cc3)on2)cc1. The van der Waals surface area contributed by atoms with Crippen LogP contribution in [-0.4, -0.2) is 10.3 Å². The highest BCUT2D eigenvalue weighted by Gasteiger charge is 2.30. The molecule has 0 fully saturated rings. The number of nitrogens with zero attached hydrogens (tertiary/aromatic N) is 1. The zero-order valence-corrected chi connectivity index (χ0v) is 11.1. The van der Waals surface area contributed by atoms with Crippen LogP contribution in [0.5, 0.6) is 5.75 Å². The van der Waals surface area contributed by atoms with Gasteiger partial charge in [-0.2, -0.15) is 13.2 Å². The van der Waals surface area contributed by atoms with Crippen molar-refractivity contribution in [2.75, 3.05) is 0 Å². The number of halogens is 3. The van der Waals surface area contributed by atoms with Gasteiger partial charge in [0, 0.05) is 17.2 Å². The topological polar surface area (TPSA) is 46.3 Å². The van der Waals surface area contributed by atoms with Gasteiger partial charge in [0.15, 0.2) is 5.76 Å². The first-order chi connectivity index (χ1) is 10.4. The average Bonchev–Trinajstić information content (AvgIpc) is 2.97. The largest absolute Gasteiger partial charge is 0.508 e. The number of phenolic OH excluding ortho intramolecular Hbond substituents is 1. The molecule has 0 unspecified atom stereocenters. The van der Waals surface area contributed by atoms with Crippen molar-refractivity contribution in [3.05, 3.63) is 60.2 Å². The molecule has 0 aliphatic rings. The number of rotatable bonds is 2. The monoisotopic (exact) mass is 305 g/mol. The molecule has 1 N–H and O–H groups in total. The second-order valence-corrected chi connectivity index (χ2v) is 4.70. The fourth-order valence-corrected chi connectivity index (χ4v) is 2.00. The number of phenols is 1. The molecule has 0 saturated heterocycles. The van der Waals surface area contributed by atoms with Gasteiger partial charge in [-0.1, -0.05) is 17.3 Å². The smallest absolute Gasteiger partial charge is 0.416 e. The quantitative estimate of drug-likeness (QED) is 0.744. The summed E-state index contributed by atoms with van der Waals surface area (Å²) in [7, 11) is 0. The van der Waals surface area contributed by atoms with Crippen LogP contribution in [0.15, 0.2) is 59.1 Å². The maximum atomic E-state index is 12.5. The Bertz CT molecular complexity index is 774. The number of hydrogen-bond acceptors (Lipinski definition) is 3. The van der Waals surface area contributed by atoms with Crippen molar-refractivity contribution in [3.8, 4) is 28.3 Å². The van der Waals surface area contributed by atoms with Crippen molar-refractivity contribution < 1.29 is 22.8 Å². The molecule has 1 heterocycles. The molecule has 0 amide bonds. The van der Waals surface area contributed by atoms with Crippen molar-refractivity contribution in [3.63, 3.8) is 0 Å². The predicted octanol–water partition coefficient (Wildman–Crippen LogP) is 4.73. The van der Waals surface area contributed by atoms with Crippen LogP contribution in [-0.2, 0) is 6.18 Å². The van der Waals surface area contributed by atoms with E-state index in [4.69, 9.17) is 4.52 Å². The van der Waals surface area contributed by atoms with E-state index in [-0.39, 0.29) is 5.75 Å². The van der Waals surface area contributed by atoms with Crippen LogP contribution >= 0.6 is 0 Å². The molecule has 0 bridgehead atoms. The molecule has 6 heteroatoms. The lowest BCUT2D eigenvalue weighted by Gasteiger charge is -2.06. The van der Waals surface area contributed by atoms with E-state index < -0.39 is 11.7 Å². The number of aromatic hydroxyl groups is 1. The first-order valence-electron chi connectivity index (χ1n) is 6.37. The summed E-state index contributed by atoms with van der Waals surface area (Å²) in [5, 5.41) is 13.1. The Morgan fingerprint density at radius 1 is 0.864 bits per heavy atom. The third-order valence-corrected chi connectivity index (χ3v) is 3.17. The Morgan fingerprint density at radius 2 is 1.45 bits per heavy atom. The van der Waals surface area contributed by atoms with Gasteiger partial charge >= 0.3 is 6.18 Å². The van der Waals surface area contributed by atoms with E-state index in [0.29, 0.717) is 17.0 Å². The van der Waals surface area contributed by atoms with Gasteiger partial charge in [0.25, 0.3) is 0 Å². The number of benzene rings is 2. The molecular formula is C16H10F3NO2. The van der Waals surface area contributed by atoms with Gasteiger partial charge in [0.05, 0.1) is 5.56 Å². The van der Waals surface area contributed by atoms with Crippen molar-refractivity contribution in [2.45, 2.75) is 6.18 Å². The first-order valence-corrected chi connectivity index (χ1v) is 6.37. The summed E-state index contributed by atoms with van der Waals surface area (Å²) >= 11 is 0. The van der Waals surface area contributed by atoms with Gasteiger partial charge in [-0.25, -0.2) is 0 Å². The number of alkyl halides is 3. The predicted molar refractivity (Wildman–Crippen MR) is 74.0 cm³/mol. The molecule has 3 aromatic rings. The molecule has 112 valence electrons. The molecule has 0 aliphatic carbocycles. The van der Waals surface area contributed by atoms with Crippen LogP contribution in [0, 0.1) is 0 Å². The van der Waals surface area contributed by atoms with E-state index in [2.05, 4.69) is 5.16 Å². The van der Waals surface area contributed by atoms with Crippen LogP contribution in [0.1, 0.15) is 5.56 Å². The van der Waals surface area contributed by atoms with Gasteiger partial charge in [0.2, 0.25) is 0 Å². The number of hydrogen-bond donors (Lipinski definition) is 1. The summed E-state index contributed by atoms with van der Waals surface area (Å²) in [5.74, 6) is 0.506. The average molecular weight is 305 g/mol. The van der Waals surface area contributed by atoms with Crippen LogP contribution < -0.4 is 0 Å². The second kappa shape index (κ2) is 5.22. The fraction of sp³-hybridized carbons (Fsp3) is 0.0625. The first kappa shape index (κ1) is 14.2. The molecule has 22 heavy (non-hydrogen) atoms. The number of aromatic nitrogens is 1. The molecule has 3 rings (SSSR count). The summed E-state index contributed by atoms with van der Waals surface area (Å²) in [6, 6.07) is 12.7. The molecule has 0 saturated carbocycles. The van der Waals surface area contributed by atoms with Crippen molar-refractivity contribution in [2.24, 2.45) is 0 Å². The molecule has 0 aliphatic heterocycles. The maximum absolute atomic E-state index is 12.5. The minimum absolute atomic E-state index is 0.134. The second-order valence-electron chi connectivity index (χ2n) is 4.70. The van der Waals surface area contributed by atoms with Gasteiger partial charge in [-0.15, -0.1) is 0 Å². The molecule has 0 radical (unpaired) electrons. The Kier molecular flexibility index (Phi) is 3.36. The van der Waals surface area contributed by atoms with Crippen LogP contribution in [0.2, 0.25) is 0 Å². The zero-order valence-electron chi connectivity index (χ0n) is 11.1. The normalized spacial score (nSPS) is 11.6. The zero-order chi connectivity index (χ0) is 15.7. The van der Waals surface area contributed by atoms with Crippen LogP contribution in [0.3, 0.4) is 0 Å². The lowest BCUT2D eigenvalue weighted by Crippen LogP contribution is -2.03. The summed E-state index contributed by atoms with van der Waals surface area (Å²) in [6.45, 7) is 0. The summed E-state index contributed by atoms with van der Waals surface area (Å²) in [5.41, 5.74) is 1.06. The third-order valence-electron chi connectivity index (χ3n) is 3.17. The van der Waals surface area contributed by atoms with E-state index in [1.807, 2.05) is 0 Å². The van der Waals surface area contributed by atoms with E-state index in [1.54, 1.807) is 18.2 Å². The van der Waals surface area contributed by atoms with Gasteiger partial charge < -0.3 is 9.63 Å². The van der Waals surface area contributed by atoms with Gasteiger partial charge in [0.1, 0.15) is 11.4 Å². The van der Waals surface area contributed by atoms with E-state index in [1.165, 1.54) is 24.3 Å². The lowest BCUT2D eigenvalue weighted by atomic mass is 10.1. The van der Waals surface area contributed by atoms with Crippen molar-refractivity contribution in [1.82, 2.24) is 5.16 Å². The lowest BCUT2D eigenvalue weighted by molar-refractivity contribution is -0.137. The van der Waals surface area contributed by atoms with Crippen molar-refractivity contribution >= 4 is 0 Å². The minimum Gasteiger partial charge on any atom is -0.508 e. The van der Waals surface area contributed by atoms with Crippen LogP contribution in [0.4, 0.5) is 13.2 Å². The summed E-state index contributed by atoms with van der Waals surface area (Å²) < 4.78 is 42.7. The van der Waals surface area contributed by atoms with Crippen molar-refractivity contribution in [1.29, 1.82) is 0 Å². The van der Waals surface area contributed by atoms with E-state index in [9.17, 15) is 18.3 Å². The summed E-state index contributed by atoms with van der Waals surface area (Å²) in [6.07, 6.45) is -4.36. The molecule has 1 aromatic heterocycles. The molecule has 2 aromatic carbocycles. The minimum atomic E-state index is -4.36. The highest BCUT2D eigenvalue weighted by atomic mass is 19.4. The van der Waals surface area contributed by atoms with Crippen LogP contribution in [0.25, 0.3) is 22.6 Å². The third kappa shape index (κ3) is 2.81. The Labute approximate surface area is 123 Å². The Balaban J connectivity index is 1.89. The van der Waals surface area contributed by atoms with E-state index >= 15 is 0 Å². The standard InChI is InChI=1S/C16H10F3NO2/c17-16(18,19)12-5-1-11(2-6-12)15-9-14(20-22-15)10-3-7-13(21)8-4-10/h1-9,21H. The molecule has 0 atom stereocenters. The van der Waals surface area contributed by atoms with Gasteiger partial charge in [-0.3, -0.25) is 0 Å². The Morgan fingerprint density at radius 3 is 2.05 bits per heavy atom. The summed E-state index contributed by atoms with van der Waals surface area (Å²) in [4.78, 5) is 0. The fourth-order valence-electron chi connectivity index (χ4n) is 2.00. The highest BCUT2D eigenvalue weighted by Crippen LogP contribution is 2.32. The molecular weight excluding hydrogens is 295 g/mol. The van der Waals surface area contributed by atoms with Gasteiger partial charge in [-0.05, 0) is 36.4 Å². The van der Waals surface area contributed by atoms with E-state index in [0.717, 1.165) is 17.7 Å². The highest BCUT2D eigenvalue weighted by molar-refractivity contribution is 5.67. The molecule has 3 nitrogen and oxygen atoms in total. The Hall–Kier alpha value is -2.76. The molecule has 0 spiro atoms. The maximum Gasteiger partial charge on any atom is 0.416 e.